The lowest BCUT2D eigenvalue weighted by atomic mass is 9.74. The van der Waals surface area contributed by atoms with E-state index < -0.39 is 5.60 Å². The third kappa shape index (κ3) is 2.59. The van der Waals surface area contributed by atoms with E-state index in [1.807, 2.05) is 11.4 Å². The molecule has 29 heavy (non-hydrogen) atoms. The van der Waals surface area contributed by atoms with Crippen molar-refractivity contribution in [2.75, 3.05) is 19.6 Å². The molecule has 3 aromatic rings. The standard InChI is InChI=1S/C24H23ClN2OS/c25-16-5-6-18-19-14-23(21(18)13-16,20-4-2-1-3-17(19)20)15-27-10-7-24(28,8-11-27)22-26-9-12-29-22/h1-6,9,12-13,19,28H,7-8,10-11,14-15H2. The Kier molecular flexibility index (Phi) is 3.98. The van der Waals surface area contributed by atoms with Crippen LogP contribution in [0.4, 0.5) is 0 Å². The monoisotopic (exact) mass is 422 g/mol. The summed E-state index contributed by atoms with van der Waals surface area (Å²) >= 11 is 8.00. The summed E-state index contributed by atoms with van der Waals surface area (Å²) in [5, 5.41) is 14.7. The Morgan fingerprint density at radius 2 is 1.90 bits per heavy atom. The van der Waals surface area contributed by atoms with E-state index in [1.54, 1.807) is 17.5 Å². The lowest BCUT2D eigenvalue weighted by Crippen LogP contribution is -2.47. The van der Waals surface area contributed by atoms with E-state index in [0.717, 1.165) is 48.9 Å². The number of hydrogen-bond donors (Lipinski definition) is 1. The Labute approximate surface area is 180 Å². The van der Waals surface area contributed by atoms with Crippen LogP contribution >= 0.6 is 22.9 Å². The van der Waals surface area contributed by atoms with Crippen molar-refractivity contribution >= 4 is 22.9 Å². The van der Waals surface area contributed by atoms with Gasteiger partial charge in [-0.2, -0.15) is 0 Å². The Hall–Kier alpha value is -1.72. The van der Waals surface area contributed by atoms with Gasteiger partial charge in [0, 0.05) is 47.6 Å². The van der Waals surface area contributed by atoms with E-state index >= 15 is 0 Å². The zero-order valence-corrected chi connectivity index (χ0v) is 17.7. The minimum atomic E-state index is -0.769. The number of likely N-dealkylation sites (tertiary alicyclic amines) is 1. The van der Waals surface area contributed by atoms with Gasteiger partial charge in [-0.3, -0.25) is 0 Å². The molecule has 1 saturated heterocycles. The zero-order chi connectivity index (χ0) is 19.6. The van der Waals surface area contributed by atoms with Crippen LogP contribution in [-0.4, -0.2) is 34.6 Å². The van der Waals surface area contributed by atoms with Crippen LogP contribution in [0.3, 0.4) is 0 Å². The number of hydrogen-bond acceptors (Lipinski definition) is 4. The number of rotatable bonds is 3. The van der Waals surface area contributed by atoms with Crippen molar-refractivity contribution in [2.45, 2.75) is 36.2 Å². The smallest absolute Gasteiger partial charge is 0.124 e. The van der Waals surface area contributed by atoms with Gasteiger partial charge in [0.05, 0.1) is 0 Å². The van der Waals surface area contributed by atoms with Gasteiger partial charge >= 0.3 is 0 Å². The highest BCUT2D eigenvalue weighted by atomic mass is 35.5. The molecule has 6 rings (SSSR count). The number of thiazole rings is 1. The summed E-state index contributed by atoms with van der Waals surface area (Å²) in [6.07, 6.45) is 4.40. The zero-order valence-electron chi connectivity index (χ0n) is 16.1. The molecule has 2 aromatic carbocycles. The van der Waals surface area contributed by atoms with Crippen LogP contribution in [0.2, 0.25) is 5.02 Å². The lowest BCUT2D eigenvalue weighted by Gasteiger charge is -2.42. The van der Waals surface area contributed by atoms with Gasteiger partial charge in [0.2, 0.25) is 0 Å². The molecule has 1 aliphatic heterocycles. The SMILES string of the molecule is OC1(c2nccs2)CCN(CC23CC(c4ccccc42)c2ccc(Cl)cc23)CC1. The molecule has 1 N–H and O–H groups in total. The molecule has 2 unspecified atom stereocenters. The van der Waals surface area contributed by atoms with Crippen molar-refractivity contribution in [1.29, 1.82) is 0 Å². The minimum Gasteiger partial charge on any atom is -0.383 e. The predicted octanol–water partition coefficient (Wildman–Crippen LogP) is 4.92. The lowest BCUT2D eigenvalue weighted by molar-refractivity contribution is -0.0290. The maximum Gasteiger partial charge on any atom is 0.124 e. The molecule has 1 aromatic heterocycles. The maximum absolute atomic E-state index is 11.1. The van der Waals surface area contributed by atoms with Crippen molar-refractivity contribution in [3.05, 3.63) is 86.3 Å². The van der Waals surface area contributed by atoms with Gasteiger partial charge in [-0.05, 0) is 53.6 Å². The van der Waals surface area contributed by atoms with Gasteiger partial charge < -0.3 is 10.0 Å². The first-order chi connectivity index (χ1) is 14.1. The average Bonchev–Trinajstić information content (AvgIpc) is 3.45. The molecule has 0 spiro atoms. The second-order valence-electron chi connectivity index (χ2n) is 8.80. The molecule has 148 valence electrons. The van der Waals surface area contributed by atoms with Gasteiger partial charge in [0.1, 0.15) is 10.6 Å². The minimum absolute atomic E-state index is 0.0120. The topological polar surface area (TPSA) is 36.4 Å². The summed E-state index contributed by atoms with van der Waals surface area (Å²) in [5.41, 5.74) is 5.06. The van der Waals surface area contributed by atoms with Crippen LogP contribution < -0.4 is 0 Å². The van der Waals surface area contributed by atoms with E-state index in [4.69, 9.17) is 11.6 Å². The molecule has 2 aliphatic carbocycles. The Balaban J connectivity index is 1.33. The predicted molar refractivity (Wildman–Crippen MR) is 117 cm³/mol. The van der Waals surface area contributed by atoms with E-state index in [2.05, 4.69) is 46.3 Å². The fourth-order valence-corrected chi connectivity index (χ4v) is 6.92. The number of aromatic nitrogens is 1. The first-order valence-corrected chi connectivity index (χ1v) is 11.6. The molecule has 0 amide bonds. The summed E-state index contributed by atoms with van der Waals surface area (Å²) < 4.78 is 0. The second-order valence-corrected chi connectivity index (χ2v) is 10.1. The Morgan fingerprint density at radius 3 is 2.69 bits per heavy atom. The quantitative estimate of drug-likeness (QED) is 0.651. The molecule has 0 radical (unpaired) electrons. The third-order valence-electron chi connectivity index (χ3n) is 7.32. The highest BCUT2D eigenvalue weighted by Crippen LogP contribution is 2.60. The molecule has 2 bridgehead atoms. The van der Waals surface area contributed by atoms with Crippen LogP contribution in [0.1, 0.15) is 52.4 Å². The highest BCUT2D eigenvalue weighted by Gasteiger charge is 2.53. The van der Waals surface area contributed by atoms with E-state index in [9.17, 15) is 5.11 Å². The highest BCUT2D eigenvalue weighted by molar-refractivity contribution is 7.09. The summed E-state index contributed by atoms with van der Waals surface area (Å²) in [6, 6.07) is 15.4. The molecular formula is C24H23ClN2OS. The van der Waals surface area contributed by atoms with Crippen LogP contribution in [0.15, 0.2) is 54.0 Å². The molecule has 3 aliphatic rings. The van der Waals surface area contributed by atoms with Crippen molar-refractivity contribution in [3.8, 4) is 0 Å². The number of aliphatic hydroxyl groups is 1. The van der Waals surface area contributed by atoms with Gasteiger partial charge in [-0.25, -0.2) is 4.98 Å². The van der Waals surface area contributed by atoms with Crippen LogP contribution in [0.25, 0.3) is 0 Å². The van der Waals surface area contributed by atoms with Gasteiger partial charge in [-0.1, -0.05) is 41.9 Å². The molecule has 2 heterocycles. The number of fused-ring (bicyclic) bond motifs is 8. The normalized spacial score (nSPS) is 27.0. The van der Waals surface area contributed by atoms with Crippen molar-refractivity contribution in [3.63, 3.8) is 0 Å². The first-order valence-electron chi connectivity index (χ1n) is 10.3. The molecule has 1 fully saturated rings. The first kappa shape index (κ1) is 18.1. The summed E-state index contributed by atoms with van der Waals surface area (Å²) in [5.74, 6) is 0.482. The number of nitrogens with zero attached hydrogens (tertiary/aromatic N) is 2. The largest absolute Gasteiger partial charge is 0.383 e. The van der Waals surface area contributed by atoms with E-state index in [0.29, 0.717) is 5.92 Å². The summed E-state index contributed by atoms with van der Waals surface area (Å²) in [7, 11) is 0. The van der Waals surface area contributed by atoms with Crippen LogP contribution in [0.5, 0.6) is 0 Å². The van der Waals surface area contributed by atoms with Crippen LogP contribution in [-0.2, 0) is 11.0 Å². The molecule has 2 atom stereocenters. The molecule has 5 heteroatoms. The van der Waals surface area contributed by atoms with Crippen LogP contribution in [0, 0.1) is 0 Å². The van der Waals surface area contributed by atoms with E-state index in [-0.39, 0.29) is 5.41 Å². The Morgan fingerprint density at radius 1 is 1.10 bits per heavy atom. The summed E-state index contributed by atoms with van der Waals surface area (Å²) in [4.78, 5) is 6.92. The molecule has 0 saturated carbocycles. The van der Waals surface area contributed by atoms with Gasteiger partial charge in [0.25, 0.3) is 0 Å². The fourth-order valence-electron chi connectivity index (χ4n) is 5.95. The molecule has 3 nitrogen and oxygen atoms in total. The Bertz CT molecular complexity index is 1070. The fraction of sp³-hybridized carbons (Fsp3) is 0.375. The van der Waals surface area contributed by atoms with Crippen molar-refractivity contribution in [1.82, 2.24) is 9.88 Å². The number of halogens is 1. The number of benzene rings is 2. The van der Waals surface area contributed by atoms with Gasteiger partial charge in [-0.15, -0.1) is 11.3 Å². The molecular weight excluding hydrogens is 400 g/mol. The van der Waals surface area contributed by atoms with Crippen molar-refractivity contribution in [2.24, 2.45) is 0 Å². The number of piperidine rings is 1. The van der Waals surface area contributed by atoms with Gasteiger partial charge in [0.15, 0.2) is 0 Å². The second kappa shape index (κ2) is 6.39. The van der Waals surface area contributed by atoms with Crippen molar-refractivity contribution < 1.29 is 5.11 Å². The summed E-state index contributed by atoms with van der Waals surface area (Å²) in [6.45, 7) is 2.77. The maximum atomic E-state index is 11.1. The third-order valence-corrected chi connectivity index (χ3v) is 8.52. The average molecular weight is 423 g/mol. The van der Waals surface area contributed by atoms with E-state index in [1.165, 1.54) is 22.3 Å².